The highest BCUT2D eigenvalue weighted by Crippen LogP contribution is 2.24. The number of rotatable bonds is 2. The SMILES string of the molecule is CC(C)C(C)N=C1Nc2ccccc2S(=O)(=O)N1. The van der Waals surface area contributed by atoms with E-state index in [1.807, 2.05) is 20.8 Å². The lowest BCUT2D eigenvalue weighted by atomic mass is 10.1. The first-order valence-electron chi connectivity index (χ1n) is 5.87. The molecule has 0 spiro atoms. The van der Waals surface area contributed by atoms with E-state index in [0.29, 0.717) is 11.6 Å². The van der Waals surface area contributed by atoms with Crippen molar-refractivity contribution in [3.63, 3.8) is 0 Å². The van der Waals surface area contributed by atoms with Crippen molar-refractivity contribution >= 4 is 21.7 Å². The largest absolute Gasteiger partial charge is 0.324 e. The minimum atomic E-state index is -3.51. The predicted molar refractivity (Wildman–Crippen MR) is 72.1 cm³/mol. The fourth-order valence-electron chi connectivity index (χ4n) is 1.55. The van der Waals surface area contributed by atoms with Crippen LogP contribution in [0.3, 0.4) is 0 Å². The number of nitrogens with one attached hydrogen (secondary N) is 2. The molecule has 0 radical (unpaired) electrons. The van der Waals surface area contributed by atoms with Gasteiger partial charge in [-0.05, 0) is 25.0 Å². The van der Waals surface area contributed by atoms with Crippen LogP contribution < -0.4 is 10.0 Å². The zero-order valence-corrected chi connectivity index (χ0v) is 11.5. The molecule has 0 saturated heterocycles. The molecule has 1 atom stereocenters. The minimum Gasteiger partial charge on any atom is -0.324 e. The Morgan fingerprint density at radius 1 is 1.17 bits per heavy atom. The number of hydrogen-bond donors (Lipinski definition) is 2. The van der Waals surface area contributed by atoms with E-state index >= 15 is 0 Å². The predicted octanol–water partition coefficient (Wildman–Crippen LogP) is 1.79. The molecule has 1 aliphatic rings. The normalized spacial score (nSPS) is 21.0. The summed E-state index contributed by atoms with van der Waals surface area (Å²) >= 11 is 0. The van der Waals surface area contributed by atoms with Gasteiger partial charge < -0.3 is 5.32 Å². The molecule has 1 unspecified atom stereocenters. The Labute approximate surface area is 107 Å². The van der Waals surface area contributed by atoms with Crippen molar-refractivity contribution in [2.75, 3.05) is 5.32 Å². The van der Waals surface area contributed by atoms with Crippen LogP contribution in [-0.4, -0.2) is 20.4 Å². The molecule has 0 saturated carbocycles. The lowest BCUT2D eigenvalue weighted by Crippen LogP contribution is -2.41. The average Bonchev–Trinajstić information content (AvgIpc) is 2.28. The van der Waals surface area contributed by atoms with Crippen LogP contribution in [-0.2, 0) is 10.0 Å². The molecule has 0 aromatic heterocycles. The number of fused-ring (bicyclic) bond motifs is 1. The maximum absolute atomic E-state index is 12.0. The maximum Gasteiger partial charge on any atom is 0.266 e. The molecule has 0 bridgehead atoms. The lowest BCUT2D eigenvalue weighted by molar-refractivity contribution is 0.529. The Kier molecular flexibility index (Phi) is 3.30. The summed E-state index contributed by atoms with van der Waals surface area (Å²) in [6.45, 7) is 6.04. The molecule has 0 amide bonds. The highest BCUT2D eigenvalue weighted by Gasteiger charge is 2.26. The highest BCUT2D eigenvalue weighted by atomic mass is 32.2. The number of guanidine groups is 1. The summed E-state index contributed by atoms with van der Waals surface area (Å²) in [6, 6.07) is 6.81. The molecular formula is C12H17N3O2S. The number of hydrogen-bond acceptors (Lipinski definition) is 3. The molecule has 0 aliphatic carbocycles. The van der Waals surface area contributed by atoms with Gasteiger partial charge in [-0.2, -0.15) is 0 Å². The molecule has 1 aromatic rings. The molecule has 6 heteroatoms. The average molecular weight is 267 g/mol. The van der Waals surface area contributed by atoms with Gasteiger partial charge in [0.1, 0.15) is 4.90 Å². The smallest absolute Gasteiger partial charge is 0.266 e. The second-order valence-corrected chi connectivity index (χ2v) is 6.34. The second-order valence-electron chi connectivity index (χ2n) is 4.69. The van der Waals surface area contributed by atoms with Crippen LogP contribution in [0, 0.1) is 5.92 Å². The van der Waals surface area contributed by atoms with E-state index in [1.54, 1.807) is 24.3 Å². The zero-order chi connectivity index (χ0) is 13.3. The van der Waals surface area contributed by atoms with E-state index in [1.165, 1.54) is 0 Å². The van der Waals surface area contributed by atoms with Gasteiger partial charge in [0.25, 0.3) is 10.0 Å². The van der Waals surface area contributed by atoms with E-state index in [-0.39, 0.29) is 16.9 Å². The third-order valence-electron chi connectivity index (χ3n) is 2.96. The van der Waals surface area contributed by atoms with Crippen LogP contribution in [0.25, 0.3) is 0 Å². The van der Waals surface area contributed by atoms with Gasteiger partial charge in [-0.25, -0.2) is 18.1 Å². The Hall–Kier alpha value is -1.56. The number of aliphatic imine (C=N–C) groups is 1. The third kappa shape index (κ3) is 2.48. The molecule has 5 nitrogen and oxygen atoms in total. The van der Waals surface area contributed by atoms with Crippen molar-refractivity contribution in [2.45, 2.75) is 31.7 Å². The Morgan fingerprint density at radius 2 is 1.83 bits per heavy atom. The van der Waals surface area contributed by atoms with Gasteiger partial charge in [-0.1, -0.05) is 26.0 Å². The van der Waals surface area contributed by atoms with Crippen molar-refractivity contribution in [1.82, 2.24) is 4.72 Å². The molecule has 0 fully saturated rings. The maximum atomic E-state index is 12.0. The third-order valence-corrected chi connectivity index (χ3v) is 4.36. The van der Waals surface area contributed by atoms with Crippen molar-refractivity contribution in [1.29, 1.82) is 0 Å². The van der Waals surface area contributed by atoms with E-state index in [2.05, 4.69) is 15.0 Å². The van der Waals surface area contributed by atoms with E-state index in [9.17, 15) is 8.42 Å². The zero-order valence-electron chi connectivity index (χ0n) is 10.6. The summed E-state index contributed by atoms with van der Waals surface area (Å²) in [5, 5.41) is 3.00. The summed E-state index contributed by atoms with van der Waals surface area (Å²) in [5.41, 5.74) is 0.561. The summed E-state index contributed by atoms with van der Waals surface area (Å²) in [6.07, 6.45) is 0. The Bertz CT molecular complexity index is 579. The van der Waals surface area contributed by atoms with Crippen LogP contribution >= 0.6 is 0 Å². The number of anilines is 1. The van der Waals surface area contributed by atoms with Gasteiger partial charge in [-0.15, -0.1) is 0 Å². The van der Waals surface area contributed by atoms with Crippen LogP contribution in [0.5, 0.6) is 0 Å². The standard InChI is InChI=1S/C12H17N3O2S/c1-8(2)9(3)13-12-14-10-6-4-5-7-11(10)18(16,17)15-12/h4-9H,1-3H3,(H2,13,14,15). The number of nitrogens with zero attached hydrogens (tertiary/aromatic N) is 1. The first-order chi connectivity index (χ1) is 8.40. The molecule has 1 aromatic carbocycles. The van der Waals surface area contributed by atoms with Crippen molar-refractivity contribution in [3.8, 4) is 0 Å². The fourth-order valence-corrected chi connectivity index (χ4v) is 2.69. The summed E-state index contributed by atoms with van der Waals surface area (Å²) in [7, 11) is -3.51. The molecule has 1 heterocycles. The topological polar surface area (TPSA) is 70.6 Å². The van der Waals surface area contributed by atoms with E-state index < -0.39 is 10.0 Å². The number of benzene rings is 1. The summed E-state index contributed by atoms with van der Waals surface area (Å²) < 4.78 is 26.5. The van der Waals surface area contributed by atoms with Crippen LogP contribution in [0.2, 0.25) is 0 Å². The minimum absolute atomic E-state index is 0.0421. The van der Waals surface area contributed by atoms with Crippen molar-refractivity contribution < 1.29 is 8.42 Å². The lowest BCUT2D eigenvalue weighted by Gasteiger charge is -2.23. The highest BCUT2D eigenvalue weighted by molar-refractivity contribution is 7.90. The van der Waals surface area contributed by atoms with Crippen molar-refractivity contribution in [2.24, 2.45) is 10.9 Å². The molecular weight excluding hydrogens is 250 g/mol. The molecule has 2 rings (SSSR count). The monoisotopic (exact) mass is 267 g/mol. The van der Waals surface area contributed by atoms with Crippen molar-refractivity contribution in [3.05, 3.63) is 24.3 Å². The van der Waals surface area contributed by atoms with E-state index in [4.69, 9.17) is 0 Å². The van der Waals surface area contributed by atoms with Crippen LogP contribution in [0.15, 0.2) is 34.2 Å². The first-order valence-corrected chi connectivity index (χ1v) is 7.35. The van der Waals surface area contributed by atoms with Gasteiger partial charge in [0, 0.05) is 0 Å². The number of sulfonamides is 1. The molecule has 2 N–H and O–H groups in total. The molecule has 98 valence electrons. The Morgan fingerprint density at radius 3 is 2.50 bits per heavy atom. The summed E-state index contributed by atoms with van der Waals surface area (Å²) in [4.78, 5) is 4.60. The van der Waals surface area contributed by atoms with Gasteiger partial charge in [0.2, 0.25) is 5.96 Å². The quantitative estimate of drug-likeness (QED) is 0.858. The Balaban J connectivity index is 2.38. The molecule has 1 aliphatic heterocycles. The first kappa shape index (κ1) is 12.9. The number of para-hydroxylation sites is 1. The van der Waals surface area contributed by atoms with E-state index in [0.717, 1.165) is 0 Å². The van der Waals surface area contributed by atoms with Crippen LogP contribution in [0.1, 0.15) is 20.8 Å². The van der Waals surface area contributed by atoms with Gasteiger partial charge in [-0.3, -0.25) is 0 Å². The molecule has 18 heavy (non-hydrogen) atoms. The van der Waals surface area contributed by atoms with Gasteiger partial charge in [0.05, 0.1) is 11.7 Å². The summed E-state index contributed by atoms with van der Waals surface area (Å²) in [5.74, 6) is 0.635. The fraction of sp³-hybridized carbons (Fsp3) is 0.417. The van der Waals surface area contributed by atoms with Crippen LogP contribution in [0.4, 0.5) is 5.69 Å². The van der Waals surface area contributed by atoms with Gasteiger partial charge in [0.15, 0.2) is 0 Å². The van der Waals surface area contributed by atoms with Gasteiger partial charge >= 0.3 is 0 Å². The second kappa shape index (κ2) is 4.61.